The molecule has 82 valence electrons. The Labute approximate surface area is 91.7 Å². The van der Waals surface area contributed by atoms with Crippen molar-refractivity contribution in [2.75, 3.05) is 6.61 Å². The molecule has 1 aromatic rings. The van der Waals surface area contributed by atoms with E-state index in [1.54, 1.807) is 13.0 Å². The van der Waals surface area contributed by atoms with Gasteiger partial charge in [0.15, 0.2) is 0 Å². The zero-order chi connectivity index (χ0) is 11.4. The summed E-state index contributed by atoms with van der Waals surface area (Å²) in [7, 11) is 0. The minimum absolute atomic E-state index is 0.0241. The van der Waals surface area contributed by atoms with E-state index in [2.05, 4.69) is 4.98 Å². The van der Waals surface area contributed by atoms with Crippen LogP contribution in [0.1, 0.15) is 12.5 Å². The predicted molar refractivity (Wildman–Crippen MR) is 58.0 cm³/mol. The number of aliphatic hydroxyl groups excluding tert-OH is 1. The maximum absolute atomic E-state index is 10.5. The summed E-state index contributed by atoms with van der Waals surface area (Å²) in [6, 6.07) is 1.66. The van der Waals surface area contributed by atoms with Crippen LogP contribution in [0, 0.1) is 17.0 Å². The van der Waals surface area contributed by atoms with Crippen LogP contribution in [0.25, 0.3) is 0 Å². The largest absolute Gasteiger partial charge is 0.395 e. The van der Waals surface area contributed by atoms with Crippen LogP contribution in [0.4, 0.5) is 5.69 Å². The zero-order valence-electron chi connectivity index (χ0n) is 8.51. The average molecular weight is 228 g/mol. The molecular weight excluding hydrogens is 216 g/mol. The Bertz CT molecular complexity index is 370. The topological polar surface area (TPSA) is 76.3 Å². The van der Waals surface area contributed by atoms with E-state index in [0.717, 1.165) is 0 Å². The molecule has 15 heavy (non-hydrogen) atoms. The van der Waals surface area contributed by atoms with Crippen molar-refractivity contribution in [2.24, 2.45) is 0 Å². The van der Waals surface area contributed by atoms with Gasteiger partial charge in [0, 0.05) is 10.8 Å². The Balaban J connectivity index is 2.87. The van der Waals surface area contributed by atoms with Crippen molar-refractivity contribution < 1.29 is 10.0 Å². The summed E-state index contributed by atoms with van der Waals surface area (Å²) in [5, 5.41) is 20.1. The maximum atomic E-state index is 10.5. The summed E-state index contributed by atoms with van der Waals surface area (Å²) >= 11 is 1.39. The lowest BCUT2D eigenvalue weighted by molar-refractivity contribution is -0.385. The molecule has 0 fully saturated rings. The van der Waals surface area contributed by atoms with Gasteiger partial charge in [-0.3, -0.25) is 10.1 Å². The molecule has 0 saturated carbocycles. The molecule has 0 aliphatic heterocycles. The van der Waals surface area contributed by atoms with Crippen molar-refractivity contribution >= 4 is 17.4 Å². The summed E-state index contributed by atoms with van der Waals surface area (Å²) in [5.41, 5.74) is 0.610. The van der Waals surface area contributed by atoms with Gasteiger partial charge in [-0.1, -0.05) is 6.92 Å². The molecule has 1 rings (SSSR count). The number of aromatic nitrogens is 1. The van der Waals surface area contributed by atoms with Gasteiger partial charge in [-0.15, -0.1) is 11.8 Å². The number of aliphatic hydroxyl groups is 1. The number of hydrogen-bond donors (Lipinski definition) is 1. The van der Waals surface area contributed by atoms with Crippen molar-refractivity contribution in [1.82, 2.24) is 4.98 Å². The van der Waals surface area contributed by atoms with Crippen molar-refractivity contribution in [2.45, 2.75) is 24.1 Å². The fraction of sp³-hybridized carbons (Fsp3) is 0.444. The van der Waals surface area contributed by atoms with Crippen LogP contribution >= 0.6 is 11.8 Å². The second kappa shape index (κ2) is 5.09. The SMILES string of the molecule is Cc1cc(SC(C)CO)ncc1[N+](=O)[O-]. The highest BCUT2D eigenvalue weighted by atomic mass is 32.2. The van der Waals surface area contributed by atoms with E-state index in [9.17, 15) is 10.1 Å². The minimum atomic E-state index is -0.452. The smallest absolute Gasteiger partial charge is 0.290 e. The van der Waals surface area contributed by atoms with E-state index >= 15 is 0 Å². The predicted octanol–water partition coefficient (Wildman–Crippen LogP) is 1.77. The Morgan fingerprint density at radius 1 is 1.73 bits per heavy atom. The van der Waals surface area contributed by atoms with Crippen LogP contribution in [0.5, 0.6) is 0 Å². The number of rotatable bonds is 4. The lowest BCUT2D eigenvalue weighted by Crippen LogP contribution is -2.02. The van der Waals surface area contributed by atoms with Gasteiger partial charge in [0.25, 0.3) is 5.69 Å². The first-order valence-corrected chi connectivity index (χ1v) is 5.31. The maximum Gasteiger partial charge on any atom is 0.290 e. The summed E-state index contributed by atoms with van der Waals surface area (Å²) in [6.45, 7) is 3.60. The third-order valence-electron chi connectivity index (χ3n) is 1.83. The van der Waals surface area contributed by atoms with Gasteiger partial charge in [0.05, 0.1) is 16.6 Å². The Morgan fingerprint density at radius 3 is 2.87 bits per heavy atom. The van der Waals surface area contributed by atoms with Crippen LogP contribution in [0.3, 0.4) is 0 Å². The molecule has 6 heteroatoms. The highest BCUT2D eigenvalue weighted by molar-refractivity contribution is 7.99. The zero-order valence-corrected chi connectivity index (χ0v) is 9.32. The van der Waals surface area contributed by atoms with Crippen molar-refractivity contribution in [3.05, 3.63) is 27.9 Å². The number of aryl methyl sites for hydroxylation is 1. The van der Waals surface area contributed by atoms with Crippen LogP contribution in [-0.2, 0) is 0 Å². The molecule has 0 aromatic carbocycles. The van der Waals surface area contributed by atoms with Crippen molar-refractivity contribution in [3.63, 3.8) is 0 Å². The molecule has 1 atom stereocenters. The van der Waals surface area contributed by atoms with Gasteiger partial charge in [-0.25, -0.2) is 4.98 Å². The molecule has 1 N–H and O–H groups in total. The van der Waals surface area contributed by atoms with E-state index in [-0.39, 0.29) is 17.5 Å². The fourth-order valence-corrected chi connectivity index (χ4v) is 1.87. The fourth-order valence-electron chi connectivity index (χ4n) is 1.02. The van der Waals surface area contributed by atoms with E-state index in [1.165, 1.54) is 18.0 Å². The minimum Gasteiger partial charge on any atom is -0.395 e. The van der Waals surface area contributed by atoms with E-state index in [4.69, 9.17) is 5.11 Å². The molecule has 0 aliphatic rings. The molecular formula is C9H12N2O3S. The molecule has 1 heterocycles. The van der Waals surface area contributed by atoms with Gasteiger partial charge in [0.2, 0.25) is 0 Å². The van der Waals surface area contributed by atoms with Crippen LogP contribution in [0.15, 0.2) is 17.3 Å². The molecule has 0 radical (unpaired) electrons. The van der Waals surface area contributed by atoms with Crippen molar-refractivity contribution in [1.29, 1.82) is 0 Å². The van der Waals surface area contributed by atoms with Crippen molar-refractivity contribution in [3.8, 4) is 0 Å². The molecule has 0 amide bonds. The molecule has 5 nitrogen and oxygen atoms in total. The molecule has 0 saturated heterocycles. The third kappa shape index (κ3) is 3.17. The van der Waals surface area contributed by atoms with E-state index in [0.29, 0.717) is 10.6 Å². The van der Waals surface area contributed by atoms with Gasteiger partial charge >= 0.3 is 0 Å². The van der Waals surface area contributed by atoms with Gasteiger partial charge in [-0.05, 0) is 13.0 Å². The first-order valence-electron chi connectivity index (χ1n) is 4.43. The Morgan fingerprint density at radius 2 is 2.40 bits per heavy atom. The second-order valence-corrected chi connectivity index (χ2v) is 4.64. The quantitative estimate of drug-likeness (QED) is 0.483. The second-order valence-electron chi connectivity index (χ2n) is 3.18. The first-order chi connectivity index (χ1) is 7.04. The first kappa shape index (κ1) is 11.9. The van der Waals surface area contributed by atoms with E-state index in [1.807, 2.05) is 6.92 Å². The molecule has 0 aliphatic carbocycles. The van der Waals surface area contributed by atoms with Gasteiger partial charge in [0.1, 0.15) is 6.20 Å². The summed E-state index contributed by atoms with van der Waals surface area (Å²) in [6.07, 6.45) is 1.25. The number of thioether (sulfide) groups is 1. The highest BCUT2D eigenvalue weighted by Gasteiger charge is 2.12. The normalized spacial score (nSPS) is 12.5. The van der Waals surface area contributed by atoms with Crippen LogP contribution in [0.2, 0.25) is 0 Å². The van der Waals surface area contributed by atoms with Crippen LogP contribution < -0.4 is 0 Å². The van der Waals surface area contributed by atoms with Crippen LogP contribution in [-0.4, -0.2) is 26.9 Å². The lowest BCUT2D eigenvalue weighted by atomic mass is 10.3. The monoisotopic (exact) mass is 228 g/mol. The number of hydrogen-bond acceptors (Lipinski definition) is 5. The van der Waals surface area contributed by atoms with E-state index < -0.39 is 4.92 Å². The Kier molecular flexibility index (Phi) is 4.05. The van der Waals surface area contributed by atoms with Gasteiger partial charge in [-0.2, -0.15) is 0 Å². The third-order valence-corrected chi connectivity index (χ3v) is 2.85. The highest BCUT2D eigenvalue weighted by Crippen LogP contribution is 2.25. The Hall–Kier alpha value is -1.14. The average Bonchev–Trinajstić information content (AvgIpc) is 2.17. The summed E-state index contributed by atoms with van der Waals surface area (Å²) in [5.74, 6) is 0. The number of nitro groups is 1. The standard InChI is InChI=1S/C9H12N2O3S/c1-6-3-9(15-7(2)5-12)10-4-8(6)11(13)14/h3-4,7,12H,5H2,1-2H3. The molecule has 1 aromatic heterocycles. The molecule has 0 bridgehead atoms. The molecule has 1 unspecified atom stereocenters. The number of nitrogens with zero attached hydrogens (tertiary/aromatic N) is 2. The summed E-state index contributed by atoms with van der Waals surface area (Å²) < 4.78 is 0. The number of pyridine rings is 1. The lowest BCUT2D eigenvalue weighted by Gasteiger charge is -2.06. The summed E-state index contributed by atoms with van der Waals surface area (Å²) in [4.78, 5) is 14.0. The molecule has 0 spiro atoms. The van der Waals surface area contributed by atoms with Gasteiger partial charge < -0.3 is 5.11 Å².